The number of aliphatic hydroxyl groups is 2. The van der Waals surface area contributed by atoms with Crippen molar-refractivity contribution >= 4 is 22.7 Å². The molecule has 2 N–H and O–H groups in total. The van der Waals surface area contributed by atoms with Gasteiger partial charge in [0.05, 0.1) is 5.52 Å². The van der Waals surface area contributed by atoms with Gasteiger partial charge < -0.3 is 15.1 Å². The Morgan fingerprint density at radius 1 is 0.923 bits per heavy atom. The number of rotatable bonds is 4. The number of nitrogens with zero attached hydrogens (tertiary/aromatic N) is 2. The van der Waals surface area contributed by atoms with Crippen molar-refractivity contribution in [2.24, 2.45) is 0 Å². The fraction of sp³-hybridized carbons (Fsp3) is 0.200. The minimum absolute atomic E-state index is 0.596. The molecule has 6 heteroatoms. The fourth-order valence-electron chi connectivity index (χ4n) is 2.82. The lowest BCUT2D eigenvalue weighted by Crippen LogP contribution is -2.46. The number of aromatic nitrogens is 1. The molecule has 6 nitrogen and oxygen atoms in total. The van der Waals surface area contributed by atoms with Gasteiger partial charge in [-0.15, -0.1) is 0 Å². The van der Waals surface area contributed by atoms with Crippen LogP contribution < -0.4 is 0 Å². The first kappa shape index (κ1) is 17.8. The third kappa shape index (κ3) is 3.24. The molecule has 2 atom stereocenters. The van der Waals surface area contributed by atoms with E-state index in [0.29, 0.717) is 5.52 Å². The van der Waals surface area contributed by atoms with E-state index in [9.17, 15) is 19.8 Å². The second-order valence-corrected chi connectivity index (χ2v) is 6.29. The summed E-state index contributed by atoms with van der Waals surface area (Å²) in [5.41, 5.74) is 2.66. The molecule has 0 fully saturated rings. The number of aliphatic hydroxyl groups excluding tert-OH is 2. The van der Waals surface area contributed by atoms with Crippen LogP contribution in [0.5, 0.6) is 0 Å². The number of fused-ring (bicyclic) bond motifs is 1. The highest BCUT2D eigenvalue weighted by Crippen LogP contribution is 2.25. The molecule has 26 heavy (non-hydrogen) atoms. The quantitative estimate of drug-likeness (QED) is 0.750. The van der Waals surface area contributed by atoms with Gasteiger partial charge in [0.2, 0.25) is 0 Å². The zero-order valence-electron chi connectivity index (χ0n) is 14.5. The Hall–Kier alpha value is -2.96. The summed E-state index contributed by atoms with van der Waals surface area (Å²) in [7, 11) is 2.89. The van der Waals surface area contributed by atoms with Gasteiger partial charge in [-0.05, 0) is 29.3 Å². The summed E-state index contributed by atoms with van der Waals surface area (Å²) in [4.78, 5) is 25.4. The summed E-state index contributed by atoms with van der Waals surface area (Å²) in [6.07, 6.45) is -2.12. The standard InChI is InChI=1S/C20H20N2O4/c1-21(2)19(25)17(23)18(24)20(26)22-11-10-15-12-14(8-9-16(15)22)13-6-4-3-5-7-13/h3-12,17-18,23-24H,1-2H3/t17-,18-/m1/s1. The van der Waals surface area contributed by atoms with E-state index in [1.165, 1.54) is 24.9 Å². The second-order valence-electron chi connectivity index (χ2n) is 6.29. The number of amides is 1. The molecule has 134 valence electrons. The van der Waals surface area contributed by atoms with Gasteiger partial charge in [-0.25, -0.2) is 0 Å². The van der Waals surface area contributed by atoms with Gasteiger partial charge in [0.15, 0.2) is 12.2 Å². The molecule has 0 spiro atoms. The Balaban J connectivity index is 1.91. The van der Waals surface area contributed by atoms with Crippen molar-refractivity contribution in [1.29, 1.82) is 0 Å². The van der Waals surface area contributed by atoms with Crippen molar-refractivity contribution in [3.8, 4) is 11.1 Å². The molecule has 3 aromatic rings. The van der Waals surface area contributed by atoms with Crippen LogP contribution in [-0.2, 0) is 4.79 Å². The summed E-state index contributed by atoms with van der Waals surface area (Å²) in [6, 6.07) is 17.2. The smallest absolute Gasteiger partial charge is 0.263 e. The van der Waals surface area contributed by atoms with Crippen LogP contribution in [0.25, 0.3) is 22.0 Å². The topological polar surface area (TPSA) is 82.8 Å². The monoisotopic (exact) mass is 352 g/mol. The largest absolute Gasteiger partial charge is 0.380 e. The number of benzene rings is 2. The van der Waals surface area contributed by atoms with Crippen LogP contribution in [0.15, 0.2) is 60.8 Å². The van der Waals surface area contributed by atoms with E-state index in [2.05, 4.69) is 0 Å². The third-order valence-electron chi connectivity index (χ3n) is 4.28. The highest BCUT2D eigenvalue weighted by Gasteiger charge is 2.32. The van der Waals surface area contributed by atoms with Gasteiger partial charge in [0, 0.05) is 25.7 Å². The van der Waals surface area contributed by atoms with Crippen LogP contribution in [0, 0.1) is 0 Å². The molecule has 1 heterocycles. The third-order valence-corrected chi connectivity index (χ3v) is 4.28. The van der Waals surface area contributed by atoms with Crippen LogP contribution >= 0.6 is 0 Å². The highest BCUT2D eigenvalue weighted by atomic mass is 16.3. The normalized spacial score (nSPS) is 13.4. The predicted octanol–water partition coefficient (Wildman–Crippen LogP) is 1.76. The number of hydrogen-bond acceptors (Lipinski definition) is 4. The minimum atomic E-state index is -1.84. The predicted molar refractivity (Wildman–Crippen MR) is 98.7 cm³/mol. The number of carbonyl (C=O) groups excluding carboxylic acids is 2. The molecule has 2 aromatic carbocycles. The second kappa shape index (κ2) is 7.11. The highest BCUT2D eigenvalue weighted by molar-refractivity contribution is 5.98. The molecular formula is C20H20N2O4. The number of carbonyl (C=O) groups is 2. The van der Waals surface area contributed by atoms with Crippen molar-refractivity contribution in [2.45, 2.75) is 12.2 Å². The summed E-state index contributed by atoms with van der Waals surface area (Å²) >= 11 is 0. The molecular weight excluding hydrogens is 332 g/mol. The van der Waals surface area contributed by atoms with Gasteiger partial charge in [-0.2, -0.15) is 0 Å². The Labute approximate surface area is 150 Å². The Kier molecular flexibility index (Phi) is 4.88. The average molecular weight is 352 g/mol. The van der Waals surface area contributed by atoms with Crippen molar-refractivity contribution in [1.82, 2.24) is 9.47 Å². The van der Waals surface area contributed by atoms with Crippen molar-refractivity contribution in [2.75, 3.05) is 14.1 Å². The Morgan fingerprint density at radius 3 is 2.27 bits per heavy atom. The lowest BCUT2D eigenvalue weighted by Gasteiger charge is -2.20. The lowest BCUT2D eigenvalue weighted by atomic mass is 10.0. The van der Waals surface area contributed by atoms with Crippen LogP contribution in [0.3, 0.4) is 0 Å². The molecule has 0 radical (unpaired) electrons. The van der Waals surface area contributed by atoms with Crippen molar-refractivity contribution in [3.05, 3.63) is 60.8 Å². The molecule has 0 saturated carbocycles. The lowest BCUT2D eigenvalue weighted by molar-refractivity contribution is -0.142. The zero-order chi connectivity index (χ0) is 18.8. The summed E-state index contributed by atoms with van der Waals surface area (Å²) in [5.74, 6) is -1.48. The summed E-state index contributed by atoms with van der Waals surface area (Å²) in [6.45, 7) is 0. The van der Waals surface area contributed by atoms with Gasteiger partial charge in [-0.3, -0.25) is 14.2 Å². The first-order chi connectivity index (χ1) is 12.4. The van der Waals surface area contributed by atoms with Crippen LogP contribution in [0.2, 0.25) is 0 Å². The van der Waals surface area contributed by atoms with Gasteiger partial charge in [-0.1, -0.05) is 36.4 Å². The molecule has 0 bridgehead atoms. The molecule has 0 unspecified atom stereocenters. The van der Waals surface area contributed by atoms with E-state index in [1.54, 1.807) is 12.1 Å². The average Bonchev–Trinajstić information content (AvgIpc) is 3.09. The molecule has 0 aliphatic rings. The van der Waals surface area contributed by atoms with Crippen LogP contribution in [0.4, 0.5) is 0 Å². The zero-order valence-corrected chi connectivity index (χ0v) is 14.5. The Bertz CT molecular complexity index is 947. The van der Waals surface area contributed by atoms with Crippen molar-refractivity contribution < 1.29 is 19.8 Å². The van der Waals surface area contributed by atoms with E-state index in [4.69, 9.17) is 0 Å². The van der Waals surface area contributed by atoms with Gasteiger partial charge in [0.1, 0.15) is 0 Å². The maximum atomic E-state index is 12.5. The van der Waals surface area contributed by atoms with Gasteiger partial charge >= 0.3 is 0 Å². The van der Waals surface area contributed by atoms with E-state index >= 15 is 0 Å². The first-order valence-corrected chi connectivity index (χ1v) is 8.18. The molecule has 1 aromatic heterocycles. The van der Waals surface area contributed by atoms with Gasteiger partial charge in [0.25, 0.3) is 11.8 Å². The van der Waals surface area contributed by atoms with E-state index in [0.717, 1.165) is 21.4 Å². The number of likely N-dealkylation sites (N-methyl/N-ethyl adjacent to an activating group) is 1. The first-order valence-electron chi connectivity index (χ1n) is 8.18. The fourth-order valence-corrected chi connectivity index (χ4v) is 2.82. The maximum Gasteiger partial charge on any atom is 0.263 e. The van der Waals surface area contributed by atoms with Crippen molar-refractivity contribution in [3.63, 3.8) is 0 Å². The Morgan fingerprint density at radius 2 is 1.62 bits per heavy atom. The SMILES string of the molecule is CN(C)C(=O)[C@H](O)[C@@H](O)C(=O)n1ccc2cc(-c3ccccc3)ccc21. The molecule has 1 amide bonds. The summed E-state index contributed by atoms with van der Waals surface area (Å²) < 4.78 is 1.25. The number of hydrogen-bond donors (Lipinski definition) is 2. The minimum Gasteiger partial charge on any atom is -0.380 e. The van der Waals surface area contributed by atoms with E-state index in [1.807, 2.05) is 42.5 Å². The summed E-state index contributed by atoms with van der Waals surface area (Å²) in [5, 5.41) is 20.8. The van der Waals surface area contributed by atoms with Crippen LogP contribution in [0.1, 0.15) is 4.79 Å². The maximum absolute atomic E-state index is 12.5. The molecule has 3 rings (SSSR count). The van der Waals surface area contributed by atoms with E-state index < -0.39 is 24.0 Å². The molecule has 0 saturated heterocycles. The van der Waals surface area contributed by atoms with Crippen LogP contribution in [-0.4, -0.2) is 57.8 Å². The molecule has 0 aliphatic heterocycles. The van der Waals surface area contributed by atoms with E-state index in [-0.39, 0.29) is 0 Å². The molecule has 0 aliphatic carbocycles.